The van der Waals surface area contributed by atoms with Crippen LogP contribution in [0.15, 0.2) is 42.5 Å². The van der Waals surface area contributed by atoms with Crippen molar-refractivity contribution < 1.29 is 23.1 Å². The molecule has 1 fully saturated rings. The Morgan fingerprint density at radius 1 is 1.03 bits per heavy atom. The van der Waals surface area contributed by atoms with Crippen LogP contribution in [-0.4, -0.2) is 62.0 Å². The van der Waals surface area contributed by atoms with E-state index in [1.165, 1.54) is 12.1 Å². The molecule has 0 saturated carbocycles. The van der Waals surface area contributed by atoms with Gasteiger partial charge in [-0.05, 0) is 29.3 Å². The summed E-state index contributed by atoms with van der Waals surface area (Å²) in [6.07, 6.45) is -1.99. The van der Waals surface area contributed by atoms with Gasteiger partial charge < -0.3 is 10.0 Å². The highest BCUT2D eigenvalue weighted by Crippen LogP contribution is 2.28. The van der Waals surface area contributed by atoms with E-state index in [0.717, 1.165) is 41.4 Å². The van der Waals surface area contributed by atoms with Gasteiger partial charge in [-0.25, -0.2) is 4.79 Å². The molecular weight excluding hydrogens is 413 g/mol. The molecule has 0 radical (unpaired) electrons. The Kier molecular flexibility index (Phi) is 5.59. The first kappa shape index (κ1) is 20.8. The maximum absolute atomic E-state index is 13.1. The van der Waals surface area contributed by atoms with Crippen molar-refractivity contribution in [3.8, 4) is 0 Å². The van der Waals surface area contributed by atoms with E-state index in [4.69, 9.17) is 5.11 Å². The normalized spacial score (nSPS) is 15.8. The molecule has 3 heterocycles. The molecule has 4 rings (SSSR count). The van der Waals surface area contributed by atoms with Crippen molar-refractivity contribution in [1.82, 2.24) is 24.7 Å². The predicted octanol–water partition coefficient (Wildman–Crippen LogP) is 2.56. The molecule has 8 nitrogen and oxygen atoms in total. The minimum atomic E-state index is -4.62. The Morgan fingerprint density at radius 3 is 2.39 bits per heavy atom. The van der Waals surface area contributed by atoms with E-state index in [1.54, 1.807) is 6.07 Å². The van der Waals surface area contributed by atoms with Crippen LogP contribution < -0.4 is 4.90 Å². The van der Waals surface area contributed by atoms with Crippen LogP contribution in [0.25, 0.3) is 11.7 Å². The molecule has 0 spiro atoms. The number of carboxylic acid groups (broad SMARTS) is 1. The number of halogens is 3. The lowest BCUT2D eigenvalue weighted by molar-refractivity contribution is -0.146. The number of aromatic nitrogens is 4. The summed E-state index contributed by atoms with van der Waals surface area (Å²) in [5, 5.41) is 19.5. The van der Waals surface area contributed by atoms with E-state index < -0.39 is 18.0 Å². The van der Waals surface area contributed by atoms with Crippen molar-refractivity contribution in [2.24, 2.45) is 0 Å². The number of fused-ring (bicyclic) bond motifs is 1. The first-order valence-electron chi connectivity index (χ1n) is 9.56. The lowest BCUT2D eigenvalue weighted by Crippen LogP contribution is -2.46. The van der Waals surface area contributed by atoms with E-state index in [0.29, 0.717) is 18.9 Å². The monoisotopic (exact) mass is 432 g/mol. The number of hydrogen-bond acceptors (Lipinski definition) is 6. The molecule has 1 saturated heterocycles. The zero-order valence-electron chi connectivity index (χ0n) is 16.3. The standard InChI is InChI=1S/C20H19F3N6O2/c21-20(22,23)19-25-24-16-6-7-17(26-29(16)19)28-11-9-27(10-12-28)13-15-3-1-14(2-4-15)5-8-18(30)31/h1-8H,9-13H2,(H,30,31)/b8-5+. The number of carboxylic acids is 1. The highest BCUT2D eigenvalue weighted by Gasteiger charge is 2.37. The van der Waals surface area contributed by atoms with Crippen LogP contribution in [0.4, 0.5) is 19.0 Å². The Hall–Kier alpha value is -3.47. The van der Waals surface area contributed by atoms with Gasteiger partial charge in [0.25, 0.3) is 5.82 Å². The molecule has 31 heavy (non-hydrogen) atoms. The van der Waals surface area contributed by atoms with E-state index in [1.807, 2.05) is 29.2 Å². The molecule has 11 heteroatoms. The Balaban J connectivity index is 1.38. The second-order valence-corrected chi connectivity index (χ2v) is 7.16. The van der Waals surface area contributed by atoms with Gasteiger partial charge in [-0.15, -0.1) is 15.3 Å². The topological polar surface area (TPSA) is 86.9 Å². The highest BCUT2D eigenvalue weighted by atomic mass is 19.4. The molecule has 1 aliphatic heterocycles. The number of aliphatic carboxylic acids is 1. The molecule has 0 unspecified atom stereocenters. The number of nitrogens with zero attached hydrogens (tertiary/aromatic N) is 6. The molecule has 1 N–H and O–H groups in total. The minimum Gasteiger partial charge on any atom is -0.478 e. The van der Waals surface area contributed by atoms with Gasteiger partial charge >= 0.3 is 12.1 Å². The first-order chi connectivity index (χ1) is 14.8. The average Bonchev–Trinajstić information content (AvgIpc) is 3.17. The number of carbonyl (C=O) groups is 1. The second kappa shape index (κ2) is 8.34. The quantitative estimate of drug-likeness (QED) is 0.620. The van der Waals surface area contributed by atoms with Crippen molar-refractivity contribution >= 4 is 23.5 Å². The van der Waals surface area contributed by atoms with Crippen LogP contribution in [-0.2, 0) is 17.5 Å². The minimum absolute atomic E-state index is 0.0522. The van der Waals surface area contributed by atoms with Crippen LogP contribution in [0.2, 0.25) is 0 Å². The third kappa shape index (κ3) is 4.82. The number of rotatable bonds is 5. The number of benzene rings is 1. The van der Waals surface area contributed by atoms with Gasteiger partial charge in [-0.2, -0.15) is 17.7 Å². The van der Waals surface area contributed by atoms with Crippen molar-refractivity contribution in [2.45, 2.75) is 12.7 Å². The molecule has 0 amide bonds. The summed E-state index contributed by atoms with van der Waals surface area (Å²) in [7, 11) is 0. The average molecular weight is 432 g/mol. The maximum Gasteiger partial charge on any atom is 0.453 e. The van der Waals surface area contributed by atoms with Crippen molar-refractivity contribution in [2.75, 3.05) is 31.1 Å². The van der Waals surface area contributed by atoms with Crippen LogP contribution >= 0.6 is 0 Å². The third-order valence-electron chi connectivity index (χ3n) is 5.00. The van der Waals surface area contributed by atoms with Gasteiger partial charge in [0, 0.05) is 38.8 Å². The fraction of sp³-hybridized carbons (Fsp3) is 0.300. The molecule has 1 aromatic carbocycles. The number of piperazine rings is 1. The second-order valence-electron chi connectivity index (χ2n) is 7.16. The summed E-state index contributed by atoms with van der Waals surface area (Å²) in [6, 6.07) is 10.8. The zero-order valence-corrected chi connectivity index (χ0v) is 16.3. The zero-order chi connectivity index (χ0) is 22.0. The predicted molar refractivity (Wildman–Crippen MR) is 106 cm³/mol. The van der Waals surface area contributed by atoms with Gasteiger partial charge in [0.1, 0.15) is 5.82 Å². The smallest absolute Gasteiger partial charge is 0.453 e. The van der Waals surface area contributed by atoms with Crippen molar-refractivity contribution in [3.63, 3.8) is 0 Å². The molecule has 1 aliphatic rings. The molecule has 0 aliphatic carbocycles. The Morgan fingerprint density at radius 2 is 1.74 bits per heavy atom. The lowest BCUT2D eigenvalue weighted by Gasteiger charge is -2.35. The van der Waals surface area contributed by atoms with E-state index >= 15 is 0 Å². The van der Waals surface area contributed by atoms with Gasteiger partial charge in [0.2, 0.25) is 0 Å². The fourth-order valence-electron chi connectivity index (χ4n) is 3.42. The summed E-state index contributed by atoms with van der Waals surface area (Å²) in [4.78, 5) is 14.8. The lowest BCUT2D eigenvalue weighted by atomic mass is 10.1. The van der Waals surface area contributed by atoms with E-state index in [9.17, 15) is 18.0 Å². The van der Waals surface area contributed by atoms with Crippen LogP contribution in [0.3, 0.4) is 0 Å². The van der Waals surface area contributed by atoms with E-state index in [2.05, 4.69) is 20.2 Å². The van der Waals surface area contributed by atoms with Gasteiger partial charge in [-0.3, -0.25) is 4.90 Å². The summed E-state index contributed by atoms with van der Waals surface area (Å²) in [5.74, 6) is -1.67. The summed E-state index contributed by atoms with van der Waals surface area (Å²) < 4.78 is 40.0. The van der Waals surface area contributed by atoms with Gasteiger partial charge in [0.05, 0.1) is 0 Å². The van der Waals surface area contributed by atoms with Crippen LogP contribution in [0.5, 0.6) is 0 Å². The highest BCUT2D eigenvalue weighted by molar-refractivity contribution is 5.85. The summed E-state index contributed by atoms with van der Waals surface area (Å²) in [6.45, 7) is 3.44. The van der Waals surface area contributed by atoms with Crippen LogP contribution in [0.1, 0.15) is 17.0 Å². The molecule has 0 bridgehead atoms. The molecular formula is C20H19F3N6O2. The number of hydrogen-bond donors (Lipinski definition) is 1. The van der Waals surface area contributed by atoms with Crippen molar-refractivity contribution in [3.05, 3.63) is 59.4 Å². The SMILES string of the molecule is O=C(O)/C=C/c1ccc(CN2CCN(c3ccc4nnc(C(F)(F)F)n4n3)CC2)cc1. The number of alkyl halides is 3. The van der Waals surface area contributed by atoms with Crippen molar-refractivity contribution in [1.29, 1.82) is 0 Å². The third-order valence-corrected chi connectivity index (χ3v) is 5.00. The Labute approximate surface area is 175 Å². The van der Waals surface area contributed by atoms with Gasteiger partial charge in [-0.1, -0.05) is 24.3 Å². The summed E-state index contributed by atoms with van der Waals surface area (Å²) >= 11 is 0. The van der Waals surface area contributed by atoms with Crippen LogP contribution in [0, 0.1) is 0 Å². The Bertz CT molecular complexity index is 1100. The first-order valence-corrected chi connectivity index (χ1v) is 9.56. The molecule has 2 aromatic heterocycles. The molecule has 3 aromatic rings. The molecule has 162 valence electrons. The summed E-state index contributed by atoms with van der Waals surface area (Å²) in [5.41, 5.74) is 1.96. The molecule has 0 atom stereocenters. The number of anilines is 1. The van der Waals surface area contributed by atoms with Gasteiger partial charge in [0.15, 0.2) is 5.65 Å². The fourth-order valence-corrected chi connectivity index (χ4v) is 3.42. The maximum atomic E-state index is 13.1. The largest absolute Gasteiger partial charge is 0.478 e. The van der Waals surface area contributed by atoms with E-state index in [-0.39, 0.29) is 5.65 Å².